The van der Waals surface area contributed by atoms with Crippen molar-refractivity contribution in [3.8, 4) is 0 Å². The number of pyridine rings is 1. The molecule has 5 aliphatic rings. The third-order valence-corrected chi connectivity index (χ3v) is 8.89. The Morgan fingerprint density at radius 3 is 2.85 bits per heavy atom. The van der Waals surface area contributed by atoms with Gasteiger partial charge in [-0.25, -0.2) is 4.98 Å². The number of benzene rings is 1. The topological polar surface area (TPSA) is 103 Å². The molecule has 1 saturated carbocycles. The number of aromatic nitrogens is 1. The smallest absolute Gasteiger partial charge is 0.236 e. The zero-order valence-electron chi connectivity index (χ0n) is 23.0. The molecule has 2 unspecified atom stereocenters. The van der Waals surface area contributed by atoms with Gasteiger partial charge < -0.3 is 20.9 Å². The van der Waals surface area contributed by atoms with Crippen molar-refractivity contribution in [2.45, 2.75) is 56.3 Å². The highest BCUT2D eigenvalue weighted by Gasteiger charge is 2.49. The van der Waals surface area contributed by atoms with Crippen molar-refractivity contribution in [3.05, 3.63) is 83.1 Å². The van der Waals surface area contributed by atoms with Crippen LogP contribution in [0.3, 0.4) is 0 Å². The quantitative estimate of drug-likeness (QED) is 0.535. The SMILES string of the molecule is CNC(=O)CCN1CC2(C)CC(=O)Nc3cccc1c32.O=C1Nc2ncccc2C12CCC1=CC=CCC=C1C2. The molecule has 1 spiro atoms. The number of rotatable bonds is 3. The molecule has 3 amide bonds. The molecule has 2 aromatic rings. The minimum Gasteiger partial charge on any atom is -0.370 e. The number of allylic oxidation sites excluding steroid dienone is 6. The van der Waals surface area contributed by atoms with Crippen LogP contribution < -0.4 is 20.9 Å². The van der Waals surface area contributed by atoms with Crippen LogP contribution >= 0.6 is 0 Å². The molecular formula is C32H35N5O3. The van der Waals surface area contributed by atoms with Crippen LogP contribution in [0.15, 0.2) is 72.0 Å². The predicted molar refractivity (Wildman–Crippen MR) is 156 cm³/mol. The zero-order chi connectivity index (χ0) is 27.9. The molecule has 1 aromatic heterocycles. The van der Waals surface area contributed by atoms with E-state index in [4.69, 9.17) is 0 Å². The summed E-state index contributed by atoms with van der Waals surface area (Å²) < 4.78 is 0. The molecule has 2 aliphatic carbocycles. The molecule has 4 heterocycles. The van der Waals surface area contributed by atoms with Gasteiger partial charge in [0.15, 0.2) is 0 Å². The lowest BCUT2D eigenvalue weighted by Crippen LogP contribution is -2.38. The van der Waals surface area contributed by atoms with Crippen LogP contribution in [0, 0.1) is 0 Å². The van der Waals surface area contributed by atoms with Gasteiger partial charge in [-0.15, -0.1) is 0 Å². The fourth-order valence-corrected chi connectivity index (χ4v) is 6.95. The lowest BCUT2D eigenvalue weighted by atomic mass is 9.67. The summed E-state index contributed by atoms with van der Waals surface area (Å²) in [5.74, 6) is 0.978. The third-order valence-electron chi connectivity index (χ3n) is 8.89. The molecule has 8 heteroatoms. The van der Waals surface area contributed by atoms with Crippen molar-refractivity contribution in [2.75, 3.05) is 35.7 Å². The summed E-state index contributed by atoms with van der Waals surface area (Å²) in [6.07, 6.45) is 15.0. The monoisotopic (exact) mass is 537 g/mol. The molecule has 2 atom stereocenters. The largest absolute Gasteiger partial charge is 0.370 e. The maximum absolute atomic E-state index is 12.6. The molecule has 40 heavy (non-hydrogen) atoms. The second-order valence-corrected chi connectivity index (χ2v) is 11.5. The molecule has 206 valence electrons. The number of carbonyl (C=O) groups is 3. The average molecular weight is 538 g/mol. The summed E-state index contributed by atoms with van der Waals surface area (Å²) in [5.41, 5.74) is 6.52. The molecule has 1 aromatic carbocycles. The lowest BCUT2D eigenvalue weighted by Gasteiger charge is -2.34. The number of fused-ring (bicyclic) bond motifs is 3. The minimum atomic E-state index is -0.406. The van der Waals surface area contributed by atoms with E-state index < -0.39 is 5.41 Å². The van der Waals surface area contributed by atoms with Crippen LogP contribution in [0.4, 0.5) is 17.2 Å². The van der Waals surface area contributed by atoms with Crippen molar-refractivity contribution in [1.82, 2.24) is 10.3 Å². The molecule has 3 aliphatic heterocycles. The second kappa shape index (κ2) is 10.1. The van der Waals surface area contributed by atoms with E-state index in [1.54, 1.807) is 13.2 Å². The third kappa shape index (κ3) is 4.41. The van der Waals surface area contributed by atoms with E-state index in [-0.39, 0.29) is 23.1 Å². The van der Waals surface area contributed by atoms with E-state index >= 15 is 0 Å². The first-order valence-corrected chi connectivity index (χ1v) is 14.0. The Bertz CT molecular complexity index is 1490. The molecule has 1 fully saturated rings. The molecule has 0 radical (unpaired) electrons. The molecule has 8 nitrogen and oxygen atoms in total. The van der Waals surface area contributed by atoms with E-state index in [0.29, 0.717) is 19.4 Å². The Balaban J connectivity index is 0.000000145. The van der Waals surface area contributed by atoms with Crippen molar-refractivity contribution in [1.29, 1.82) is 0 Å². The number of amides is 3. The van der Waals surface area contributed by atoms with Crippen molar-refractivity contribution in [3.63, 3.8) is 0 Å². The Kier molecular flexibility index (Phi) is 6.56. The first-order valence-electron chi connectivity index (χ1n) is 14.0. The van der Waals surface area contributed by atoms with Crippen LogP contribution in [0.2, 0.25) is 0 Å². The fraction of sp³-hybridized carbons (Fsp3) is 0.375. The van der Waals surface area contributed by atoms with Crippen LogP contribution in [-0.4, -0.2) is 42.8 Å². The highest BCUT2D eigenvalue weighted by molar-refractivity contribution is 6.05. The normalized spacial score (nSPS) is 25.3. The van der Waals surface area contributed by atoms with E-state index in [9.17, 15) is 14.4 Å². The van der Waals surface area contributed by atoms with Gasteiger partial charge in [0.25, 0.3) is 0 Å². The van der Waals surface area contributed by atoms with E-state index in [1.807, 2.05) is 24.3 Å². The molecular weight excluding hydrogens is 502 g/mol. The van der Waals surface area contributed by atoms with Crippen LogP contribution in [0.25, 0.3) is 0 Å². The van der Waals surface area contributed by atoms with Crippen molar-refractivity contribution < 1.29 is 14.4 Å². The number of anilines is 3. The summed E-state index contributed by atoms with van der Waals surface area (Å²) >= 11 is 0. The standard InChI is InChI=1S/C17H16N2O.C15H19N3O2/c20-16-17(14-7-4-10-18-15(14)19-16)9-8-12-5-2-1-3-6-13(12)11-17;1-15-8-13(20)17-10-4-3-5-11(14(10)15)18(9-15)7-6-12(19)16-2/h1-2,4-7,10H,3,8-9,11H2,(H,18,19,20);3-5H,6-9H2,1-2H3,(H,16,19)(H,17,20). The maximum atomic E-state index is 12.6. The number of nitrogens with one attached hydrogen (secondary N) is 3. The van der Waals surface area contributed by atoms with Crippen molar-refractivity contribution >= 4 is 34.9 Å². The van der Waals surface area contributed by atoms with Crippen molar-refractivity contribution in [2.24, 2.45) is 0 Å². The zero-order valence-corrected chi connectivity index (χ0v) is 23.0. The molecule has 0 saturated heterocycles. The molecule has 3 N–H and O–H groups in total. The van der Waals surface area contributed by atoms with Gasteiger partial charge >= 0.3 is 0 Å². The average Bonchev–Trinajstić information content (AvgIpc) is 3.25. The number of carbonyl (C=O) groups excluding carboxylic acids is 3. The van der Waals surface area contributed by atoms with Gasteiger partial charge in [0.2, 0.25) is 17.7 Å². The predicted octanol–water partition coefficient (Wildman–Crippen LogP) is 4.51. The van der Waals surface area contributed by atoms with Gasteiger partial charge in [0, 0.05) is 67.1 Å². The Hall–Kier alpha value is -4.20. The van der Waals surface area contributed by atoms with E-state index in [1.165, 1.54) is 16.7 Å². The van der Waals surface area contributed by atoms with Gasteiger partial charge in [-0.05, 0) is 55.0 Å². The fourth-order valence-electron chi connectivity index (χ4n) is 6.95. The van der Waals surface area contributed by atoms with Gasteiger partial charge in [-0.3, -0.25) is 14.4 Å². The minimum absolute atomic E-state index is 0.0420. The summed E-state index contributed by atoms with van der Waals surface area (Å²) in [4.78, 5) is 42.4. The molecule has 0 bridgehead atoms. The number of nitrogens with zero attached hydrogens (tertiary/aromatic N) is 2. The second-order valence-electron chi connectivity index (χ2n) is 11.5. The van der Waals surface area contributed by atoms with Crippen LogP contribution in [0.1, 0.15) is 56.6 Å². The summed E-state index contributed by atoms with van der Waals surface area (Å²) in [6, 6.07) is 9.96. The van der Waals surface area contributed by atoms with Gasteiger partial charge in [-0.2, -0.15) is 0 Å². The van der Waals surface area contributed by atoms with Gasteiger partial charge in [0.1, 0.15) is 5.82 Å². The first-order chi connectivity index (χ1) is 19.3. The highest BCUT2D eigenvalue weighted by Crippen LogP contribution is 2.50. The summed E-state index contributed by atoms with van der Waals surface area (Å²) in [7, 11) is 1.65. The summed E-state index contributed by atoms with van der Waals surface area (Å²) in [6.45, 7) is 3.61. The summed E-state index contributed by atoms with van der Waals surface area (Å²) in [5, 5.41) is 8.55. The lowest BCUT2D eigenvalue weighted by molar-refractivity contribution is -0.121. The number of hydrogen-bond acceptors (Lipinski definition) is 5. The van der Waals surface area contributed by atoms with Gasteiger partial charge in [-0.1, -0.05) is 43.4 Å². The number of hydrogen-bond donors (Lipinski definition) is 3. The highest BCUT2D eigenvalue weighted by atomic mass is 16.2. The van der Waals surface area contributed by atoms with Crippen LogP contribution in [0.5, 0.6) is 0 Å². The Morgan fingerprint density at radius 1 is 1.12 bits per heavy atom. The Labute approximate surface area is 234 Å². The maximum Gasteiger partial charge on any atom is 0.236 e. The van der Waals surface area contributed by atoms with Gasteiger partial charge in [0.05, 0.1) is 5.41 Å². The van der Waals surface area contributed by atoms with Crippen LogP contribution in [-0.2, 0) is 25.2 Å². The Morgan fingerprint density at radius 2 is 2.00 bits per heavy atom. The van der Waals surface area contributed by atoms with E-state index in [0.717, 1.165) is 55.0 Å². The first kappa shape index (κ1) is 26.0. The van der Waals surface area contributed by atoms with E-state index in [2.05, 4.69) is 63.1 Å². The molecule has 7 rings (SSSR count).